The zero-order valence-electron chi connectivity index (χ0n) is 14.9. The molecule has 0 spiro atoms. The van der Waals surface area contributed by atoms with Crippen molar-refractivity contribution in [1.82, 2.24) is 0 Å². The molecule has 3 N–H and O–H groups in total. The predicted octanol–water partition coefficient (Wildman–Crippen LogP) is 5.06. The van der Waals surface area contributed by atoms with E-state index in [0.717, 1.165) is 28.6 Å². The Labute approximate surface area is 180 Å². The van der Waals surface area contributed by atoms with Crippen molar-refractivity contribution in [3.8, 4) is 0 Å². The summed E-state index contributed by atoms with van der Waals surface area (Å²) in [6.07, 6.45) is 3.55. The molecule has 0 amide bonds. The average Bonchev–Trinajstić information content (AvgIpc) is 2.56. The zero-order valence-corrected chi connectivity index (χ0v) is 18.8. The van der Waals surface area contributed by atoms with Gasteiger partial charge in [0, 0.05) is 28.2 Å². The number of anilines is 1. The highest BCUT2D eigenvalue weighted by molar-refractivity contribution is 14.0. The van der Waals surface area contributed by atoms with E-state index in [2.05, 4.69) is 50.5 Å². The van der Waals surface area contributed by atoms with Crippen molar-refractivity contribution in [1.29, 1.82) is 0 Å². The number of benzene rings is 2. The minimum atomic E-state index is 0. The van der Waals surface area contributed by atoms with Crippen molar-refractivity contribution in [3.05, 3.63) is 64.1 Å². The van der Waals surface area contributed by atoms with Gasteiger partial charge in [-0.2, -0.15) is 0 Å². The molecule has 140 valence electrons. The fourth-order valence-electron chi connectivity index (χ4n) is 3.30. The average molecular weight is 530 g/mol. The van der Waals surface area contributed by atoms with Crippen LogP contribution in [0.3, 0.4) is 0 Å². The molecule has 3 rings (SSSR count). The topological polar surface area (TPSA) is 59.6 Å². The van der Waals surface area contributed by atoms with Crippen molar-refractivity contribution in [3.63, 3.8) is 0 Å². The lowest BCUT2D eigenvalue weighted by Gasteiger charge is -2.41. The van der Waals surface area contributed by atoms with Crippen LogP contribution in [-0.4, -0.2) is 19.6 Å². The monoisotopic (exact) mass is 529 g/mol. The van der Waals surface area contributed by atoms with Crippen molar-refractivity contribution in [2.75, 3.05) is 19.0 Å². The number of nitrogens with two attached hydrogens (primary N) is 1. The molecule has 2 aromatic carbocycles. The number of guanidine groups is 1. The number of nitrogens with one attached hydrogen (secondary N) is 1. The molecule has 0 aromatic heterocycles. The van der Waals surface area contributed by atoms with E-state index in [4.69, 9.17) is 10.5 Å². The third kappa shape index (κ3) is 4.98. The molecule has 0 heterocycles. The van der Waals surface area contributed by atoms with E-state index in [-0.39, 0.29) is 29.4 Å². The van der Waals surface area contributed by atoms with Gasteiger partial charge in [0.05, 0.1) is 13.2 Å². The van der Waals surface area contributed by atoms with Gasteiger partial charge in [0.25, 0.3) is 0 Å². The normalized spacial score (nSPS) is 15.7. The van der Waals surface area contributed by atoms with Gasteiger partial charge >= 0.3 is 0 Å². The third-order valence-electron chi connectivity index (χ3n) is 4.88. The Morgan fingerprint density at radius 1 is 1.23 bits per heavy atom. The van der Waals surface area contributed by atoms with Crippen LogP contribution >= 0.6 is 39.9 Å². The highest BCUT2D eigenvalue weighted by Gasteiger charge is 2.38. The van der Waals surface area contributed by atoms with E-state index in [9.17, 15) is 0 Å². The highest BCUT2D eigenvalue weighted by atomic mass is 127. The van der Waals surface area contributed by atoms with E-state index >= 15 is 0 Å². The molecule has 0 radical (unpaired) electrons. The van der Waals surface area contributed by atoms with Crippen molar-refractivity contribution in [2.24, 2.45) is 10.7 Å². The van der Waals surface area contributed by atoms with E-state index in [1.165, 1.54) is 12.0 Å². The Morgan fingerprint density at radius 2 is 2.00 bits per heavy atom. The highest BCUT2D eigenvalue weighted by Crippen LogP contribution is 2.44. The summed E-state index contributed by atoms with van der Waals surface area (Å²) in [5.41, 5.74) is 9.61. The van der Waals surface area contributed by atoms with Gasteiger partial charge < -0.3 is 15.8 Å². The summed E-state index contributed by atoms with van der Waals surface area (Å²) in [5.74, 6) is 0.449. The Balaban J connectivity index is 0.00000243. The maximum atomic E-state index is 6.15. The summed E-state index contributed by atoms with van der Waals surface area (Å²) in [4.78, 5) is 4.65. The van der Waals surface area contributed by atoms with Gasteiger partial charge in [0.15, 0.2) is 5.96 Å². The molecule has 0 atom stereocenters. The summed E-state index contributed by atoms with van der Waals surface area (Å²) in [6.45, 7) is 1.24. The second kappa shape index (κ2) is 9.71. The number of para-hydroxylation sites is 1. The van der Waals surface area contributed by atoms with Crippen LogP contribution in [0.5, 0.6) is 0 Å². The summed E-state index contributed by atoms with van der Waals surface area (Å²) in [7, 11) is 1.69. The number of halogens is 2. The third-order valence-corrected chi connectivity index (χ3v) is 5.37. The number of aliphatic imine (C=N–C) groups is 1. The predicted molar refractivity (Wildman–Crippen MR) is 122 cm³/mol. The van der Waals surface area contributed by atoms with Crippen LogP contribution in [0.1, 0.15) is 30.4 Å². The fraction of sp³-hybridized carbons (Fsp3) is 0.350. The Hall–Kier alpha value is -1.12. The van der Waals surface area contributed by atoms with E-state index in [1.54, 1.807) is 7.11 Å². The second-order valence-electron chi connectivity index (χ2n) is 6.56. The molecule has 4 nitrogen and oxygen atoms in total. The number of hydrogen-bond acceptors (Lipinski definition) is 2. The molecule has 1 aliphatic carbocycles. The van der Waals surface area contributed by atoms with Gasteiger partial charge in [-0.3, -0.25) is 4.99 Å². The van der Waals surface area contributed by atoms with Gasteiger partial charge in [-0.15, -0.1) is 24.0 Å². The maximum absolute atomic E-state index is 6.15. The van der Waals surface area contributed by atoms with Crippen LogP contribution < -0.4 is 11.1 Å². The number of nitrogens with zero attached hydrogens (tertiary/aromatic N) is 1. The molecular formula is C20H25BrIN3O. The van der Waals surface area contributed by atoms with Crippen LogP contribution in [0.4, 0.5) is 5.69 Å². The molecular weight excluding hydrogens is 505 g/mol. The van der Waals surface area contributed by atoms with Gasteiger partial charge in [0.2, 0.25) is 0 Å². The lowest BCUT2D eigenvalue weighted by atomic mass is 9.64. The van der Waals surface area contributed by atoms with Crippen molar-refractivity contribution in [2.45, 2.75) is 31.3 Å². The number of rotatable bonds is 6. The van der Waals surface area contributed by atoms with Gasteiger partial charge in [-0.05, 0) is 36.6 Å². The first kappa shape index (κ1) is 21.2. The van der Waals surface area contributed by atoms with Crippen LogP contribution in [0, 0.1) is 0 Å². The molecule has 0 saturated heterocycles. The first-order chi connectivity index (χ1) is 12.1. The summed E-state index contributed by atoms with van der Waals surface area (Å²) in [6, 6.07) is 16.5. The molecule has 1 fully saturated rings. The van der Waals surface area contributed by atoms with E-state index in [0.29, 0.717) is 19.1 Å². The first-order valence-corrected chi connectivity index (χ1v) is 9.32. The Kier molecular flexibility index (Phi) is 7.91. The van der Waals surface area contributed by atoms with Crippen LogP contribution in [0.25, 0.3) is 0 Å². The summed E-state index contributed by atoms with van der Waals surface area (Å²) >= 11 is 3.57. The Bertz CT molecular complexity index is 762. The smallest absolute Gasteiger partial charge is 0.193 e. The van der Waals surface area contributed by atoms with Crippen LogP contribution in [0.15, 0.2) is 58.0 Å². The van der Waals surface area contributed by atoms with Crippen molar-refractivity contribution >= 4 is 51.6 Å². The van der Waals surface area contributed by atoms with Gasteiger partial charge in [0.1, 0.15) is 0 Å². The van der Waals surface area contributed by atoms with E-state index in [1.807, 2.05) is 24.3 Å². The minimum absolute atomic E-state index is 0. The van der Waals surface area contributed by atoms with Gasteiger partial charge in [-0.1, -0.05) is 52.7 Å². The zero-order chi connectivity index (χ0) is 17.7. The lowest BCUT2D eigenvalue weighted by Crippen LogP contribution is -2.38. The first-order valence-electron chi connectivity index (χ1n) is 8.53. The maximum Gasteiger partial charge on any atom is 0.193 e. The molecule has 0 bridgehead atoms. The molecule has 0 aliphatic heterocycles. The van der Waals surface area contributed by atoms with Gasteiger partial charge in [-0.25, -0.2) is 0 Å². The van der Waals surface area contributed by atoms with E-state index < -0.39 is 0 Å². The largest absolute Gasteiger partial charge is 0.380 e. The molecule has 1 saturated carbocycles. The number of hydrogen-bond donors (Lipinski definition) is 2. The standard InChI is InChI=1S/C20H24BrN3O.HI/c1-25-13-15-6-2-3-9-18(15)24-19(22)23-14-20(10-5-11-20)16-7-4-8-17(21)12-16;/h2-4,6-9,12H,5,10-11,13-14H2,1H3,(H3,22,23,24);1H. The van der Waals surface area contributed by atoms with Crippen LogP contribution in [0.2, 0.25) is 0 Å². The molecule has 6 heteroatoms. The SMILES string of the molecule is COCc1ccccc1NC(N)=NCC1(c2cccc(Br)c2)CCC1.I. The molecule has 1 aliphatic rings. The summed E-state index contributed by atoms with van der Waals surface area (Å²) in [5, 5.41) is 3.22. The quantitative estimate of drug-likeness (QED) is 0.312. The molecule has 2 aromatic rings. The van der Waals surface area contributed by atoms with Crippen LogP contribution in [-0.2, 0) is 16.8 Å². The molecule has 26 heavy (non-hydrogen) atoms. The lowest BCUT2D eigenvalue weighted by molar-refractivity contribution is 0.185. The number of ether oxygens (including phenoxy) is 1. The fourth-order valence-corrected chi connectivity index (χ4v) is 3.70. The summed E-state index contributed by atoms with van der Waals surface area (Å²) < 4.78 is 6.35. The Morgan fingerprint density at radius 3 is 2.65 bits per heavy atom. The minimum Gasteiger partial charge on any atom is -0.380 e. The second-order valence-corrected chi connectivity index (χ2v) is 7.48. The molecule has 0 unspecified atom stereocenters. The van der Waals surface area contributed by atoms with Crippen molar-refractivity contribution < 1.29 is 4.74 Å². The number of methoxy groups -OCH3 is 1.